The first-order valence-corrected chi connectivity index (χ1v) is 10.1. The molecule has 1 N–H and O–H groups in total. The molecule has 28 heavy (non-hydrogen) atoms. The number of rotatable bonds is 6. The van der Waals surface area contributed by atoms with Gasteiger partial charge in [0.25, 0.3) is 5.91 Å². The van der Waals surface area contributed by atoms with Crippen molar-refractivity contribution in [3.63, 3.8) is 0 Å². The molecular formula is C22H30N2O4. The number of nitrogens with one attached hydrogen (secondary N) is 1. The quantitative estimate of drug-likeness (QED) is 0.815. The van der Waals surface area contributed by atoms with Gasteiger partial charge in [-0.2, -0.15) is 0 Å². The van der Waals surface area contributed by atoms with Crippen molar-refractivity contribution in [2.45, 2.75) is 52.9 Å². The van der Waals surface area contributed by atoms with Gasteiger partial charge in [-0.15, -0.1) is 0 Å². The van der Waals surface area contributed by atoms with Gasteiger partial charge in [-0.05, 0) is 71.1 Å². The van der Waals surface area contributed by atoms with Gasteiger partial charge in [0.1, 0.15) is 23.0 Å². The average Bonchev–Trinajstić information content (AvgIpc) is 3.25. The van der Waals surface area contributed by atoms with E-state index in [2.05, 4.69) is 5.32 Å². The van der Waals surface area contributed by atoms with Crippen LogP contribution in [0.5, 0.6) is 0 Å². The van der Waals surface area contributed by atoms with Crippen LogP contribution in [0.2, 0.25) is 0 Å². The molecule has 1 fully saturated rings. The predicted molar refractivity (Wildman–Crippen MR) is 106 cm³/mol. The summed E-state index contributed by atoms with van der Waals surface area (Å²) in [6.07, 6.45) is 2.86. The molecule has 3 rings (SSSR count). The minimum absolute atomic E-state index is 0.00670. The first-order chi connectivity index (χ1) is 13.3. The Morgan fingerprint density at radius 3 is 2.43 bits per heavy atom. The monoisotopic (exact) mass is 386 g/mol. The molecule has 0 bridgehead atoms. The van der Waals surface area contributed by atoms with E-state index in [1.54, 1.807) is 0 Å². The zero-order valence-electron chi connectivity index (χ0n) is 17.2. The fourth-order valence-electron chi connectivity index (χ4n) is 3.81. The molecule has 1 unspecified atom stereocenters. The third-order valence-corrected chi connectivity index (χ3v) is 5.61. The Kier molecular flexibility index (Phi) is 6.27. The maximum absolute atomic E-state index is 12.7. The van der Waals surface area contributed by atoms with Crippen molar-refractivity contribution >= 4 is 11.8 Å². The second kappa shape index (κ2) is 8.67. The fraction of sp³-hybridized carbons (Fsp3) is 0.545. The minimum atomic E-state index is -0.283. The molecule has 152 valence electrons. The van der Waals surface area contributed by atoms with Crippen molar-refractivity contribution in [1.82, 2.24) is 10.2 Å². The highest BCUT2D eigenvalue weighted by Crippen LogP contribution is 2.24. The largest absolute Gasteiger partial charge is 0.466 e. The van der Waals surface area contributed by atoms with Crippen LogP contribution in [-0.4, -0.2) is 36.3 Å². The number of piperidine rings is 1. The molecule has 1 aliphatic heterocycles. The van der Waals surface area contributed by atoms with Crippen molar-refractivity contribution in [2.24, 2.45) is 5.92 Å². The third kappa shape index (κ3) is 4.66. The molecule has 1 saturated heterocycles. The Morgan fingerprint density at radius 2 is 1.86 bits per heavy atom. The number of likely N-dealkylation sites (tertiary alicyclic amines) is 1. The number of nitrogens with zero attached hydrogens (tertiary/aromatic N) is 1. The van der Waals surface area contributed by atoms with Gasteiger partial charge in [-0.25, -0.2) is 0 Å². The summed E-state index contributed by atoms with van der Waals surface area (Å²) < 4.78 is 11.0. The lowest BCUT2D eigenvalue weighted by atomic mass is 9.93. The summed E-state index contributed by atoms with van der Waals surface area (Å²) in [5.74, 6) is 3.27. The van der Waals surface area contributed by atoms with Crippen LogP contribution < -0.4 is 5.32 Å². The summed E-state index contributed by atoms with van der Waals surface area (Å²) in [5, 5.41) is 3.02. The van der Waals surface area contributed by atoms with Crippen LogP contribution in [0.25, 0.3) is 0 Å². The summed E-state index contributed by atoms with van der Waals surface area (Å²) in [4.78, 5) is 26.9. The summed E-state index contributed by atoms with van der Waals surface area (Å²) in [5.41, 5.74) is 0.672. The van der Waals surface area contributed by atoms with E-state index in [0.717, 1.165) is 43.9 Å². The van der Waals surface area contributed by atoms with Crippen LogP contribution in [0.3, 0.4) is 0 Å². The van der Waals surface area contributed by atoms with E-state index in [1.165, 1.54) is 0 Å². The molecule has 6 nitrogen and oxygen atoms in total. The van der Waals surface area contributed by atoms with Crippen LogP contribution in [0.15, 0.2) is 27.0 Å². The first kappa shape index (κ1) is 20.2. The van der Waals surface area contributed by atoms with Crippen molar-refractivity contribution in [2.75, 3.05) is 19.6 Å². The van der Waals surface area contributed by atoms with Gasteiger partial charge in [0.05, 0.1) is 11.5 Å². The second-order valence-electron chi connectivity index (χ2n) is 7.81. The van der Waals surface area contributed by atoms with E-state index in [1.807, 2.05) is 50.8 Å². The molecule has 0 saturated carbocycles. The normalized spacial score (nSPS) is 16.2. The first-order valence-electron chi connectivity index (χ1n) is 10.1. The predicted octanol–water partition coefficient (Wildman–Crippen LogP) is 3.96. The number of aryl methyl sites for hydroxylation is 3. The lowest BCUT2D eigenvalue weighted by molar-refractivity contribution is -0.122. The summed E-state index contributed by atoms with van der Waals surface area (Å²) in [6, 6.07) is 5.55. The molecule has 0 spiro atoms. The number of carbonyl (C=O) groups is 2. The Hall–Kier alpha value is -2.50. The Morgan fingerprint density at radius 1 is 1.14 bits per heavy atom. The van der Waals surface area contributed by atoms with Crippen LogP contribution in [0, 0.1) is 26.7 Å². The highest BCUT2D eigenvalue weighted by molar-refractivity contribution is 5.95. The van der Waals surface area contributed by atoms with Crippen molar-refractivity contribution < 1.29 is 18.4 Å². The van der Waals surface area contributed by atoms with E-state index < -0.39 is 0 Å². The summed E-state index contributed by atoms with van der Waals surface area (Å²) in [6.45, 7) is 9.59. The SMILES string of the molecule is Cc1ccc(C(C)C(=O)NCCC2CCN(C(=O)c3cc(C)oc3C)CC2)o1. The Bertz CT molecular complexity index is 827. The van der Waals surface area contributed by atoms with Gasteiger partial charge in [0.15, 0.2) is 0 Å². The number of furan rings is 2. The van der Waals surface area contributed by atoms with Gasteiger partial charge < -0.3 is 19.1 Å². The number of hydrogen-bond donors (Lipinski definition) is 1. The second-order valence-corrected chi connectivity index (χ2v) is 7.81. The summed E-state index contributed by atoms with van der Waals surface area (Å²) in [7, 11) is 0. The lowest BCUT2D eigenvalue weighted by Crippen LogP contribution is -2.39. The highest BCUT2D eigenvalue weighted by atomic mass is 16.3. The van der Waals surface area contributed by atoms with Gasteiger partial charge in [-0.3, -0.25) is 9.59 Å². The van der Waals surface area contributed by atoms with E-state index in [0.29, 0.717) is 29.5 Å². The zero-order chi connectivity index (χ0) is 20.3. The fourth-order valence-corrected chi connectivity index (χ4v) is 3.81. The van der Waals surface area contributed by atoms with E-state index in [4.69, 9.17) is 8.83 Å². The van der Waals surface area contributed by atoms with Crippen molar-refractivity contribution in [1.29, 1.82) is 0 Å². The van der Waals surface area contributed by atoms with E-state index in [9.17, 15) is 9.59 Å². The zero-order valence-corrected chi connectivity index (χ0v) is 17.2. The molecule has 3 heterocycles. The smallest absolute Gasteiger partial charge is 0.257 e. The van der Waals surface area contributed by atoms with E-state index >= 15 is 0 Å². The third-order valence-electron chi connectivity index (χ3n) is 5.61. The van der Waals surface area contributed by atoms with Crippen LogP contribution in [0.1, 0.15) is 65.5 Å². The molecule has 0 aliphatic carbocycles. The van der Waals surface area contributed by atoms with Gasteiger partial charge in [0.2, 0.25) is 5.91 Å². The number of hydrogen-bond acceptors (Lipinski definition) is 4. The average molecular weight is 386 g/mol. The Balaban J connectivity index is 1.40. The van der Waals surface area contributed by atoms with E-state index in [-0.39, 0.29) is 17.7 Å². The molecule has 2 amide bonds. The molecule has 2 aromatic rings. The molecule has 1 atom stereocenters. The standard InChI is InChI=1S/C22H30N2O4/c1-14-5-6-20(28-14)16(3)21(25)23-10-7-18-8-11-24(12-9-18)22(26)19-13-15(2)27-17(19)4/h5-6,13,16,18H,7-12H2,1-4H3,(H,23,25). The molecule has 2 aromatic heterocycles. The molecule has 6 heteroatoms. The van der Waals surface area contributed by atoms with Crippen LogP contribution in [-0.2, 0) is 4.79 Å². The van der Waals surface area contributed by atoms with Gasteiger partial charge >= 0.3 is 0 Å². The molecule has 0 aromatic carbocycles. The number of carbonyl (C=O) groups excluding carboxylic acids is 2. The maximum atomic E-state index is 12.7. The minimum Gasteiger partial charge on any atom is -0.466 e. The number of amides is 2. The van der Waals surface area contributed by atoms with Crippen molar-refractivity contribution in [3.05, 3.63) is 46.8 Å². The highest BCUT2D eigenvalue weighted by Gasteiger charge is 2.26. The lowest BCUT2D eigenvalue weighted by Gasteiger charge is -2.32. The molecule has 0 radical (unpaired) electrons. The maximum Gasteiger partial charge on any atom is 0.257 e. The Labute approximate surface area is 166 Å². The summed E-state index contributed by atoms with van der Waals surface area (Å²) >= 11 is 0. The molecule has 1 aliphatic rings. The van der Waals surface area contributed by atoms with Crippen molar-refractivity contribution in [3.8, 4) is 0 Å². The topological polar surface area (TPSA) is 75.7 Å². The molecular weight excluding hydrogens is 356 g/mol. The van der Waals surface area contributed by atoms with Crippen LogP contribution >= 0.6 is 0 Å². The van der Waals surface area contributed by atoms with Gasteiger partial charge in [-0.1, -0.05) is 0 Å². The van der Waals surface area contributed by atoms with Gasteiger partial charge in [0, 0.05) is 19.6 Å². The van der Waals surface area contributed by atoms with Crippen LogP contribution in [0.4, 0.5) is 0 Å².